The minimum atomic E-state index is 0.0333. The zero-order valence-corrected chi connectivity index (χ0v) is 28.7. The Morgan fingerprint density at radius 1 is 0.918 bits per heavy atom. The number of hydrogen-bond acceptors (Lipinski definition) is 9. The molecule has 0 saturated carbocycles. The van der Waals surface area contributed by atoms with Gasteiger partial charge in [-0.05, 0) is 92.5 Å². The van der Waals surface area contributed by atoms with Crippen LogP contribution in [0.15, 0.2) is 54.6 Å². The van der Waals surface area contributed by atoms with Gasteiger partial charge in [0.25, 0.3) is 0 Å². The summed E-state index contributed by atoms with van der Waals surface area (Å²) in [5.74, 6) is 1.12. The number of piperazine rings is 2. The molecule has 2 unspecified atom stereocenters. The van der Waals surface area contributed by atoms with E-state index in [1.165, 1.54) is 6.42 Å². The number of phenolic OH excluding ortho intramolecular Hbond substituents is 1. The number of nitrogens with zero attached hydrogens (tertiary/aromatic N) is 7. The van der Waals surface area contributed by atoms with Crippen molar-refractivity contribution < 1.29 is 14.6 Å². The molecule has 4 aliphatic heterocycles. The average molecular weight is 665 g/mol. The zero-order chi connectivity index (χ0) is 33.5. The van der Waals surface area contributed by atoms with Crippen LogP contribution < -0.4 is 15.0 Å². The Balaban J connectivity index is 1.06. The highest BCUT2D eigenvalue weighted by molar-refractivity contribution is 6.01. The molecule has 2 bridgehead atoms. The first-order chi connectivity index (χ1) is 23.9. The maximum Gasteiger partial charge on any atom is 0.319 e. The van der Waals surface area contributed by atoms with Gasteiger partial charge in [0.15, 0.2) is 0 Å². The number of aromatic nitrogens is 2. The number of fused-ring (bicyclic) bond motifs is 4. The van der Waals surface area contributed by atoms with Crippen LogP contribution >= 0.6 is 0 Å². The van der Waals surface area contributed by atoms with Crippen LogP contribution in [0.4, 0.5) is 10.6 Å². The zero-order valence-electron chi connectivity index (χ0n) is 28.7. The van der Waals surface area contributed by atoms with E-state index < -0.39 is 0 Å². The third-order valence-electron chi connectivity index (χ3n) is 11.2. The van der Waals surface area contributed by atoms with Crippen molar-refractivity contribution in [2.75, 3.05) is 84.5 Å². The number of carbonyl (C=O) groups excluding carboxylic acids is 1. The molecule has 2 amide bonds. The lowest BCUT2D eigenvalue weighted by atomic mass is 9.97. The molecule has 8 rings (SSSR count). The van der Waals surface area contributed by atoms with Gasteiger partial charge in [0.1, 0.15) is 18.2 Å². The summed E-state index contributed by atoms with van der Waals surface area (Å²) in [6, 6.07) is 19.2. The van der Waals surface area contributed by atoms with E-state index in [0.29, 0.717) is 38.3 Å². The summed E-state index contributed by atoms with van der Waals surface area (Å²) in [5, 5.41) is 16.8. The van der Waals surface area contributed by atoms with Crippen molar-refractivity contribution in [2.24, 2.45) is 0 Å². The normalized spacial score (nSPS) is 23.5. The Hall–Kier alpha value is -4.19. The van der Waals surface area contributed by atoms with Crippen LogP contribution in [-0.4, -0.2) is 138 Å². The van der Waals surface area contributed by atoms with Gasteiger partial charge in [-0.2, -0.15) is 9.97 Å². The second-order valence-corrected chi connectivity index (χ2v) is 14.4. The number of hydrogen-bond donors (Lipinski definition) is 2. The number of urea groups is 1. The van der Waals surface area contributed by atoms with E-state index in [2.05, 4.69) is 63.3 Å². The number of nitrogens with one attached hydrogen (secondary N) is 1. The van der Waals surface area contributed by atoms with Gasteiger partial charge in [-0.15, -0.1) is 0 Å². The van der Waals surface area contributed by atoms with E-state index in [-0.39, 0.29) is 23.9 Å². The molecular weight excluding hydrogens is 616 g/mol. The molecule has 4 aromatic rings. The Morgan fingerprint density at radius 3 is 2.49 bits per heavy atom. The SMILES string of the molecule is CN1CCN(CCNC(=O)N2CC3CCC(C2)N3c2nc(OC[C@@H]3CCCN3C)nc3cc(-c4cc(O)cc5ccccc45)ccc23)CC1. The van der Waals surface area contributed by atoms with Crippen LogP contribution in [-0.2, 0) is 0 Å². The van der Waals surface area contributed by atoms with Crippen LogP contribution in [0.3, 0.4) is 0 Å². The van der Waals surface area contributed by atoms with Crippen molar-refractivity contribution in [3.63, 3.8) is 0 Å². The van der Waals surface area contributed by atoms with Gasteiger partial charge in [0.2, 0.25) is 0 Å². The van der Waals surface area contributed by atoms with Crippen molar-refractivity contribution in [3.05, 3.63) is 54.6 Å². The quantitative estimate of drug-likeness (QED) is 0.287. The molecule has 0 radical (unpaired) electrons. The minimum absolute atomic E-state index is 0.0333. The number of likely N-dealkylation sites (N-methyl/N-ethyl adjacent to an activating group) is 2. The van der Waals surface area contributed by atoms with Crippen molar-refractivity contribution in [3.8, 4) is 22.9 Å². The molecule has 11 heteroatoms. The number of anilines is 1. The molecule has 258 valence electrons. The van der Waals surface area contributed by atoms with Crippen LogP contribution in [0.5, 0.6) is 11.8 Å². The molecule has 49 heavy (non-hydrogen) atoms. The number of carbonyl (C=O) groups is 1. The second-order valence-electron chi connectivity index (χ2n) is 14.4. The Labute approximate surface area is 288 Å². The van der Waals surface area contributed by atoms with Crippen molar-refractivity contribution >= 4 is 33.5 Å². The van der Waals surface area contributed by atoms with Gasteiger partial charge >= 0.3 is 12.0 Å². The van der Waals surface area contributed by atoms with E-state index >= 15 is 0 Å². The number of ether oxygens (including phenoxy) is 1. The van der Waals surface area contributed by atoms with E-state index in [1.54, 1.807) is 6.07 Å². The van der Waals surface area contributed by atoms with Crippen LogP contribution in [0.1, 0.15) is 25.7 Å². The molecule has 0 spiro atoms. The smallest absolute Gasteiger partial charge is 0.319 e. The maximum atomic E-state index is 13.3. The van der Waals surface area contributed by atoms with Gasteiger partial charge in [0, 0.05) is 75.9 Å². The Bertz CT molecular complexity index is 1810. The van der Waals surface area contributed by atoms with Crippen molar-refractivity contribution in [1.82, 2.24) is 34.9 Å². The fraction of sp³-hybridized carbons (Fsp3) is 0.500. The average Bonchev–Trinajstić information content (AvgIpc) is 3.64. The number of benzene rings is 3. The standard InChI is InChI=1S/C38H48N8O3/c1-42-16-18-44(19-17-42)15-13-39-38(48)45-23-28-10-11-29(24-45)46(28)36-33-12-9-27(34-22-31(47)20-26-6-3-4-8-32(26)34)21-35(33)40-37(41-36)49-25-30-7-5-14-43(30)2/h3-4,6,8-9,12,20-22,28-30,47H,5,7,10-11,13-19,23-25H2,1-2H3,(H,39,48)/t28?,29?,30-/m0/s1. The molecule has 5 heterocycles. The number of aromatic hydroxyl groups is 1. The molecule has 2 N–H and O–H groups in total. The summed E-state index contributed by atoms with van der Waals surface area (Å²) in [7, 11) is 4.32. The van der Waals surface area contributed by atoms with E-state index in [0.717, 1.165) is 97.2 Å². The van der Waals surface area contributed by atoms with Crippen molar-refractivity contribution in [1.29, 1.82) is 0 Å². The summed E-state index contributed by atoms with van der Waals surface area (Å²) in [6.07, 6.45) is 4.30. The molecule has 4 fully saturated rings. The number of rotatable bonds is 8. The molecule has 4 saturated heterocycles. The molecule has 3 aromatic carbocycles. The largest absolute Gasteiger partial charge is 0.508 e. The summed E-state index contributed by atoms with van der Waals surface area (Å²) >= 11 is 0. The maximum absolute atomic E-state index is 13.3. The first-order valence-electron chi connectivity index (χ1n) is 18.0. The van der Waals surface area contributed by atoms with Crippen LogP contribution in [0.25, 0.3) is 32.8 Å². The minimum Gasteiger partial charge on any atom is -0.508 e. The monoisotopic (exact) mass is 664 g/mol. The lowest BCUT2D eigenvalue weighted by molar-refractivity contribution is 0.151. The fourth-order valence-electron chi connectivity index (χ4n) is 8.33. The second kappa shape index (κ2) is 13.6. The predicted octanol–water partition coefficient (Wildman–Crippen LogP) is 4.24. The summed E-state index contributed by atoms with van der Waals surface area (Å²) in [6.45, 7) is 8.78. The third kappa shape index (κ3) is 6.59. The van der Waals surface area contributed by atoms with Gasteiger partial charge in [-0.3, -0.25) is 4.90 Å². The Morgan fingerprint density at radius 2 is 1.71 bits per heavy atom. The highest BCUT2D eigenvalue weighted by atomic mass is 16.5. The molecule has 0 aliphatic carbocycles. The fourth-order valence-corrected chi connectivity index (χ4v) is 8.33. The number of amides is 2. The topological polar surface area (TPSA) is 101 Å². The van der Waals surface area contributed by atoms with Gasteiger partial charge in [-0.1, -0.05) is 30.3 Å². The predicted molar refractivity (Wildman–Crippen MR) is 193 cm³/mol. The third-order valence-corrected chi connectivity index (χ3v) is 11.2. The van der Waals surface area contributed by atoms with E-state index in [4.69, 9.17) is 14.7 Å². The summed E-state index contributed by atoms with van der Waals surface area (Å²) < 4.78 is 6.37. The molecule has 11 nitrogen and oxygen atoms in total. The lowest BCUT2D eigenvalue weighted by Crippen LogP contribution is -2.58. The van der Waals surface area contributed by atoms with Gasteiger partial charge in [-0.25, -0.2) is 4.79 Å². The molecule has 4 aliphatic rings. The van der Waals surface area contributed by atoms with Crippen molar-refractivity contribution in [2.45, 2.75) is 43.8 Å². The lowest BCUT2D eigenvalue weighted by Gasteiger charge is -2.42. The molecule has 3 atom stereocenters. The highest BCUT2D eigenvalue weighted by Crippen LogP contribution is 2.40. The van der Waals surface area contributed by atoms with Gasteiger partial charge < -0.3 is 34.8 Å². The van der Waals surface area contributed by atoms with E-state index in [9.17, 15) is 9.90 Å². The molecule has 1 aromatic heterocycles. The van der Waals surface area contributed by atoms with Crippen LogP contribution in [0, 0.1) is 0 Å². The van der Waals surface area contributed by atoms with E-state index in [1.807, 2.05) is 29.2 Å². The first-order valence-corrected chi connectivity index (χ1v) is 18.0. The number of likely N-dealkylation sites (tertiary alicyclic amines) is 2. The number of phenols is 1. The first kappa shape index (κ1) is 32.0. The highest BCUT2D eigenvalue weighted by Gasteiger charge is 2.43. The summed E-state index contributed by atoms with van der Waals surface area (Å²) in [4.78, 5) is 35.0. The Kier molecular flexibility index (Phi) is 8.90. The molecular formula is C38H48N8O3. The summed E-state index contributed by atoms with van der Waals surface area (Å²) in [5.41, 5.74) is 2.75. The van der Waals surface area contributed by atoms with Gasteiger partial charge in [0.05, 0.1) is 5.52 Å². The van der Waals surface area contributed by atoms with Crippen LogP contribution in [0.2, 0.25) is 0 Å².